The van der Waals surface area contributed by atoms with Gasteiger partial charge < -0.3 is 5.11 Å². The van der Waals surface area contributed by atoms with Crippen LogP contribution in [-0.4, -0.2) is 16.9 Å². The van der Waals surface area contributed by atoms with E-state index in [9.17, 15) is 9.59 Å². The van der Waals surface area contributed by atoms with Crippen LogP contribution in [0.15, 0.2) is 28.7 Å². The average molecular weight is 285 g/mol. The number of hydrogen-bond acceptors (Lipinski definition) is 2. The standard InChI is InChI=1S/C12H13BrO3/c1-12(2,7-10(14)11(15)16)8-3-5-9(13)6-4-8/h3-6H,7H2,1-2H3,(H,15,16). The highest BCUT2D eigenvalue weighted by Gasteiger charge is 2.27. The van der Waals surface area contributed by atoms with Gasteiger partial charge in [0, 0.05) is 10.9 Å². The number of carbonyl (C=O) groups excluding carboxylic acids is 1. The maximum absolute atomic E-state index is 11.2. The van der Waals surface area contributed by atoms with E-state index in [2.05, 4.69) is 15.9 Å². The summed E-state index contributed by atoms with van der Waals surface area (Å²) in [5.41, 5.74) is 0.487. The molecule has 0 aromatic heterocycles. The van der Waals surface area contributed by atoms with Crippen molar-refractivity contribution in [3.05, 3.63) is 34.3 Å². The third-order valence-corrected chi connectivity index (χ3v) is 3.00. The summed E-state index contributed by atoms with van der Waals surface area (Å²) in [5.74, 6) is -2.13. The zero-order chi connectivity index (χ0) is 12.3. The minimum absolute atomic E-state index is 0.00393. The Morgan fingerprint density at radius 1 is 1.25 bits per heavy atom. The Morgan fingerprint density at radius 2 is 1.75 bits per heavy atom. The Morgan fingerprint density at radius 3 is 2.19 bits per heavy atom. The first-order valence-corrected chi connectivity index (χ1v) is 5.64. The second kappa shape index (κ2) is 4.78. The number of carboxylic acid groups (broad SMARTS) is 1. The lowest BCUT2D eigenvalue weighted by molar-refractivity contribution is -0.149. The van der Waals surface area contributed by atoms with Gasteiger partial charge in [-0.1, -0.05) is 41.9 Å². The number of hydrogen-bond donors (Lipinski definition) is 1. The SMILES string of the molecule is CC(C)(CC(=O)C(=O)O)c1ccc(Br)cc1. The van der Waals surface area contributed by atoms with Crippen molar-refractivity contribution in [1.82, 2.24) is 0 Å². The number of ketones is 1. The molecule has 86 valence electrons. The Labute approximate surface area is 103 Å². The van der Waals surface area contributed by atoms with E-state index in [-0.39, 0.29) is 6.42 Å². The van der Waals surface area contributed by atoms with E-state index in [1.54, 1.807) is 0 Å². The minimum Gasteiger partial charge on any atom is -0.476 e. The zero-order valence-corrected chi connectivity index (χ0v) is 10.7. The van der Waals surface area contributed by atoms with Crippen LogP contribution in [0.2, 0.25) is 0 Å². The third kappa shape index (κ3) is 3.17. The maximum Gasteiger partial charge on any atom is 0.372 e. The molecule has 0 atom stereocenters. The summed E-state index contributed by atoms with van der Waals surface area (Å²) in [6, 6.07) is 7.53. The molecular formula is C12H13BrO3. The lowest BCUT2D eigenvalue weighted by atomic mass is 9.80. The maximum atomic E-state index is 11.2. The summed E-state index contributed by atoms with van der Waals surface area (Å²) in [4.78, 5) is 21.7. The van der Waals surface area contributed by atoms with E-state index >= 15 is 0 Å². The first kappa shape index (κ1) is 12.9. The highest BCUT2D eigenvalue weighted by molar-refractivity contribution is 9.10. The number of Topliss-reactive ketones (excluding diaryl/α,β-unsaturated/α-hetero) is 1. The first-order chi connectivity index (χ1) is 7.33. The molecular weight excluding hydrogens is 272 g/mol. The fourth-order valence-electron chi connectivity index (χ4n) is 1.48. The fraction of sp³-hybridized carbons (Fsp3) is 0.333. The van der Waals surface area contributed by atoms with Crippen molar-refractivity contribution in [2.24, 2.45) is 0 Å². The predicted octanol–water partition coefficient (Wildman–Crippen LogP) is 2.77. The van der Waals surface area contributed by atoms with Gasteiger partial charge >= 0.3 is 5.97 Å². The lowest BCUT2D eigenvalue weighted by Crippen LogP contribution is -2.26. The minimum atomic E-state index is -1.37. The molecule has 0 aliphatic heterocycles. The van der Waals surface area contributed by atoms with Gasteiger partial charge in [-0.15, -0.1) is 0 Å². The van der Waals surface area contributed by atoms with Gasteiger partial charge in [0.25, 0.3) is 0 Å². The molecule has 0 radical (unpaired) electrons. The summed E-state index contributed by atoms with van der Waals surface area (Å²) >= 11 is 3.33. The average Bonchev–Trinajstić information content (AvgIpc) is 2.17. The van der Waals surface area contributed by atoms with Gasteiger partial charge in [0.1, 0.15) is 0 Å². The topological polar surface area (TPSA) is 54.4 Å². The Bertz CT molecular complexity index is 407. The Hall–Kier alpha value is -1.16. The second-order valence-electron chi connectivity index (χ2n) is 4.30. The van der Waals surface area contributed by atoms with Crippen LogP contribution in [0.3, 0.4) is 0 Å². The number of benzene rings is 1. The van der Waals surface area contributed by atoms with Crippen LogP contribution in [0, 0.1) is 0 Å². The van der Waals surface area contributed by atoms with Crippen molar-refractivity contribution in [2.45, 2.75) is 25.7 Å². The summed E-state index contributed by atoms with van der Waals surface area (Å²) in [6.45, 7) is 3.72. The van der Waals surface area contributed by atoms with Crippen LogP contribution < -0.4 is 0 Å². The van der Waals surface area contributed by atoms with Crippen LogP contribution in [0.25, 0.3) is 0 Å². The fourth-order valence-corrected chi connectivity index (χ4v) is 1.74. The smallest absolute Gasteiger partial charge is 0.372 e. The van der Waals surface area contributed by atoms with Gasteiger partial charge in [0.15, 0.2) is 0 Å². The van der Waals surface area contributed by atoms with Gasteiger partial charge in [0.2, 0.25) is 5.78 Å². The summed E-state index contributed by atoms with van der Waals surface area (Å²) < 4.78 is 0.955. The molecule has 1 rings (SSSR count). The van der Waals surface area contributed by atoms with Gasteiger partial charge in [-0.25, -0.2) is 4.79 Å². The molecule has 0 heterocycles. The lowest BCUT2D eigenvalue weighted by Gasteiger charge is -2.23. The Balaban J connectivity index is 2.89. The number of halogens is 1. The van der Waals surface area contributed by atoms with Crippen LogP contribution in [0.1, 0.15) is 25.8 Å². The van der Waals surface area contributed by atoms with Gasteiger partial charge in [0.05, 0.1) is 0 Å². The number of carbonyl (C=O) groups is 2. The Kier molecular flexibility index (Phi) is 3.86. The van der Waals surface area contributed by atoms with Crippen molar-refractivity contribution in [3.8, 4) is 0 Å². The molecule has 16 heavy (non-hydrogen) atoms. The molecule has 0 unspecified atom stereocenters. The van der Waals surface area contributed by atoms with E-state index in [4.69, 9.17) is 5.11 Å². The zero-order valence-electron chi connectivity index (χ0n) is 9.16. The molecule has 4 heteroatoms. The van der Waals surface area contributed by atoms with E-state index in [0.29, 0.717) is 0 Å². The number of carboxylic acids is 1. The number of rotatable bonds is 4. The molecule has 0 bridgehead atoms. The highest BCUT2D eigenvalue weighted by Crippen LogP contribution is 2.28. The van der Waals surface area contributed by atoms with E-state index in [1.165, 1.54) is 0 Å². The van der Waals surface area contributed by atoms with Gasteiger partial charge in [-0.05, 0) is 23.1 Å². The molecule has 1 aromatic rings. The molecule has 3 nitrogen and oxygen atoms in total. The third-order valence-electron chi connectivity index (χ3n) is 2.47. The summed E-state index contributed by atoms with van der Waals surface area (Å²) in [6.07, 6.45) is 0.00393. The van der Waals surface area contributed by atoms with E-state index in [0.717, 1.165) is 10.0 Å². The molecule has 0 fully saturated rings. The molecule has 0 saturated carbocycles. The first-order valence-electron chi connectivity index (χ1n) is 4.85. The second-order valence-corrected chi connectivity index (χ2v) is 5.21. The summed E-state index contributed by atoms with van der Waals surface area (Å²) in [7, 11) is 0. The van der Waals surface area contributed by atoms with Crippen molar-refractivity contribution in [2.75, 3.05) is 0 Å². The van der Waals surface area contributed by atoms with Crippen molar-refractivity contribution >= 4 is 27.7 Å². The van der Waals surface area contributed by atoms with Crippen LogP contribution in [0.4, 0.5) is 0 Å². The molecule has 0 amide bonds. The van der Waals surface area contributed by atoms with Crippen molar-refractivity contribution < 1.29 is 14.7 Å². The van der Waals surface area contributed by atoms with E-state index in [1.807, 2.05) is 38.1 Å². The van der Waals surface area contributed by atoms with Crippen LogP contribution in [0.5, 0.6) is 0 Å². The molecule has 1 aromatic carbocycles. The summed E-state index contributed by atoms with van der Waals surface area (Å²) in [5, 5.41) is 8.58. The van der Waals surface area contributed by atoms with Gasteiger partial charge in [-0.3, -0.25) is 4.79 Å². The van der Waals surface area contributed by atoms with Gasteiger partial charge in [-0.2, -0.15) is 0 Å². The molecule has 0 saturated heterocycles. The van der Waals surface area contributed by atoms with Crippen LogP contribution in [-0.2, 0) is 15.0 Å². The molecule has 0 aliphatic carbocycles. The number of aliphatic carboxylic acids is 1. The monoisotopic (exact) mass is 284 g/mol. The quantitative estimate of drug-likeness (QED) is 0.865. The predicted molar refractivity (Wildman–Crippen MR) is 64.4 cm³/mol. The molecule has 0 spiro atoms. The largest absolute Gasteiger partial charge is 0.476 e. The molecule has 1 N–H and O–H groups in total. The van der Waals surface area contributed by atoms with Crippen molar-refractivity contribution in [3.63, 3.8) is 0 Å². The van der Waals surface area contributed by atoms with Crippen molar-refractivity contribution in [1.29, 1.82) is 0 Å². The van der Waals surface area contributed by atoms with E-state index < -0.39 is 17.2 Å². The normalized spacial score (nSPS) is 11.2. The highest BCUT2D eigenvalue weighted by atomic mass is 79.9. The van der Waals surface area contributed by atoms with Crippen LogP contribution >= 0.6 is 15.9 Å². The molecule has 0 aliphatic rings.